The average Bonchev–Trinajstić information content (AvgIpc) is 2.42. The highest BCUT2D eigenvalue weighted by molar-refractivity contribution is 5.79. The number of ether oxygens (including phenoxy) is 1. The quantitative estimate of drug-likeness (QED) is 0.772. The van der Waals surface area contributed by atoms with Crippen LogP contribution in [0.2, 0.25) is 0 Å². The minimum absolute atomic E-state index is 0.124. The first kappa shape index (κ1) is 13.0. The standard InChI is InChI=1S/C14H12FNO3/c15-12-4-5-13(11(9-12)10-17)19-8-7-16-6-2-1-3-14(16)18/h1-6,9-10H,7-8H2. The molecule has 0 amide bonds. The zero-order chi connectivity index (χ0) is 13.7. The zero-order valence-electron chi connectivity index (χ0n) is 10.1. The van der Waals surface area contributed by atoms with E-state index in [-0.39, 0.29) is 17.7 Å². The summed E-state index contributed by atoms with van der Waals surface area (Å²) in [4.78, 5) is 22.2. The van der Waals surface area contributed by atoms with Crippen LogP contribution in [0.3, 0.4) is 0 Å². The Hall–Kier alpha value is -2.43. The molecule has 0 spiro atoms. The molecule has 5 heteroatoms. The largest absolute Gasteiger partial charge is 0.491 e. The molecule has 1 heterocycles. The summed E-state index contributed by atoms with van der Waals surface area (Å²) in [6.45, 7) is 0.575. The molecule has 0 fully saturated rings. The molecule has 1 aromatic carbocycles. The van der Waals surface area contributed by atoms with Gasteiger partial charge < -0.3 is 9.30 Å². The minimum atomic E-state index is -0.492. The summed E-state index contributed by atoms with van der Waals surface area (Å²) >= 11 is 0. The van der Waals surface area contributed by atoms with Crippen LogP contribution in [0.15, 0.2) is 47.4 Å². The summed E-state index contributed by atoms with van der Waals surface area (Å²) in [7, 11) is 0. The number of rotatable bonds is 5. The molecule has 0 unspecified atom stereocenters. The third kappa shape index (κ3) is 3.28. The molecule has 0 N–H and O–H groups in total. The van der Waals surface area contributed by atoms with Crippen molar-refractivity contribution >= 4 is 6.29 Å². The Morgan fingerprint density at radius 3 is 2.84 bits per heavy atom. The first-order valence-electron chi connectivity index (χ1n) is 5.74. The Bertz CT molecular complexity index is 637. The normalized spacial score (nSPS) is 10.2. The second-order valence-corrected chi connectivity index (χ2v) is 3.88. The molecule has 4 nitrogen and oxygen atoms in total. The summed E-state index contributed by atoms with van der Waals surface area (Å²) in [6.07, 6.45) is 2.18. The summed E-state index contributed by atoms with van der Waals surface area (Å²) in [5.41, 5.74) is 0.0289. The van der Waals surface area contributed by atoms with Gasteiger partial charge in [0.1, 0.15) is 18.2 Å². The maximum absolute atomic E-state index is 12.9. The van der Waals surface area contributed by atoms with Crippen molar-refractivity contribution in [2.45, 2.75) is 6.54 Å². The van der Waals surface area contributed by atoms with Gasteiger partial charge in [0.2, 0.25) is 0 Å². The highest BCUT2D eigenvalue weighted by Crippen LogP contribution is 2.17. The Balaban J connectivity index is 2.02. The number of carbonyl (C=O) groups is 1. The molecule has 0 aliphatic heterocycles. The third-order valence-corrected chi connectivity index (χ3v) is 2.59. The molecule has 0 bridgehead atoms. The van der Waals surface area contributed by atoms with Gasteiger partial charge in [-0.2, -0.15) is 0 Å². The van der Waals surface area contributed by atoms with E-state index in [9.17, 15) is 14.0 Å². The fraction of sp³-hybridized carbons (Fsp3) is 0.143. The zero-order valence-corrected chi connectivity index (χ0v) is 10.1. The summed E-state index contributed by atoms with van der Waals surface area (Å²) < 4.78 is 19.8. The Labute approximate surface area is 109 Å². The van der Waals surface area contributed by atoms with Gasteiger partial charge in [0.05, 0.1) is 12.1 Å². The number of benzene rings is 1. The number of hydrogen-bond donors (Lipinski definition) is 0. The first-order chi connectivity index (χ1) is 9.20. The van der Waals surface area contributed by atoms with Gasteiger partial charge in [-0.3, -0.25) is 9.59 Å². The van der Waals surface area contributed by atoms with Crippen LogP contribution in [0.5, 0.6) is 5.75 Å². The maximum Gasteiger partial charge on any atom is 0.250 e. The minimum Gasteiger partial charge on any atom is -0.491 e. The average molecular weight is 261 g/mol. The van der Waals surface area contributed by atoms with E-state index in [4.69, 9.17) is 4.74 Å². The van der Waals surface area contributed by atoms with Crippen molar-refractivity contribution in [2.24, 2.45) is 0 Å². The van der Waals surface area contributed by atoms with Gasteiger partial charge in [-0.25, -0.2) is 4.39 Å². The molecule has 98 valence electrons. The summed E-state index contributed by atoms with van der Waals surface area (Å²) in [5.74, 6) is -0.186. The van der Waals surface area contributed by atoms with E-state index >= 15 is 0 Å². The van der Waals surface area contributed by atoms with Crippen molar-refractivity contribution in [1.29, 1.82) is 0 Å². The number of nitrogens with zero attached hydrogens (tertiary/aromatic N) is 1. The number of halogens is 1. The lowest BCUT2D eigenvalue weighted by Gasteiger charge is -2.09. The lowest BCUT2D eigenvalue weighted by atomic mass is 10.2. The fourth-order valence-electron chi connectivity index (χ4n) is 1.64. The molecule has 0 aliphatic rings. The molecule has 0 atom stereocenters. The first-order valence-corrected chi connectivity index (χ1v) is 5.74. The SMILES string of the molecule is O=Cc1cc(F)ccc1OCCn1ccccc1=O. The van der Waals surface area contributed by atoms with Gasteiger partial charge in [-0.1, -0.05) is 6.07 Å². The van der Waals surface area contributed by atoms with Crippen LogP contribution in [-0.2, 0) is 6.54 Å². The summed E-state index contributed by atoms with van der Waals surface area (Å²) in [5, 5.41) is 0. The lowest BCUT2D eigenvalue weighted by molar-refractivity contribution is 0.111. The van der Waals surface area contributed by atoms with Crippen LogP contribution < -0.4 is 10.3 Å². The fourth-order valence-corrected chi connectivity index (χ4v) is 1.64. The van der Waals surface area contributed by atoms with Gasteiger partial charge in [0.15, 0.2) is 6.29 Å². The number of aromatic nitrogens is 1. The molecule has 19 heavy (non-hydrogen) atoms. The monoisotopic (exact) mass is 261 g/mol. The van der Waals surface area contributed by atoms with Gasteiger partial charge in [-0.05, 0) is 24.3 Å². The van der Waals surface area contributed by atoms with E-state index in [1.165, 1.54) is 22.8 Å². The maximum atomic E-state index is 12.9. The molecule has 0 saturated heterocycles. The van der Waals surface area contributed by atoms with Crippen LogP contribution >= 0.6 is 0 Å². The van der Waals surface area contributed by atoms with Crippen LogP contribution in [0.4, 0.5) is 4.39 Å². The highest BCUT2D eigenvalue weighted by Gasteiger charge is 2.04. The van der Waals surface area contributed by atoms with Crippen molar-refractivity contribution in [2.75, 3.05) is 6.61 Å². The number of hydrogen-bond acceptors (Lipinski definition) is 3. The van der Waals surface area contributed by atoms with Crippen molar-refractivity contribution in [3.8, 4) is 5.75 Å². The van der Waals surface area contributed by atoms with Gasteiger partial charge in [-0.15, -0.1) is 0 Å². The predicted octanol–water partition coefficient (Wildman–Crippen LogP) is 1.88. The van der Waals surface area contributed by atoms with Crippen LogP contribution in [0.25, 0.3) is 0 Å². The van der Waals surface area contributed by atoms with Gasteiger partial charge in [0.25, 0.3) is 5.56 Å². The van der Waals surface area contributed by atoms with E-state index < -0.39 is 5.82 Å². The second kappa shape index (κ2) is 5.95. The predicted molar refractivity (Wildman–Crippen MR) is 68.0 cm³/mol. The molecule has 2 rings (SSSR count). The summed E-state index contributed by atoms with van der Waals surface area (Å²) in [6, 6.07) is 8.58. The number of pyridine rings is 1. The smallest absolute Gasteiger partial charge is 0.250 e. The van der Waals surface area contributed by atoms with E-state index in [1.807, 2.05) is 0 Å². The van der Waals surface area contributed by atoms with Crippen LogP contribution in [-0.4, -0.2) is 17.5 Å². The van der Waals surface area contributed by atoms with Crippen LogP contribution in [0.1, 0.15) is 10.4 Å². The molecule has 0 saturated carbocycles. The molecule has 2 aromatic rings. The number of carbonyl (C=O) groups excluding carboxylic acids is 1. The van der Waals surface area contributed by atoms with E-state index in [2.05, 4.69) is 0 Å². The van der Waals surface area contributed by atoms with E-state index in [0.717, 1.165) is 6.07 Å². The van der Waals surface area contributed by atoms with Crippen molar-refractivity contribution in [3.05, 3.63) is 64.3 Å². The van der Waals surface area contributed by atoms with Crippen molar-refractivity contribution in [1.82, 2.24) is 4.57 Å². The Kier molecular flexibility index (Phi) is 4.07. The third-order valence-electron chi connectivity index (χ3n) is 2.59. The molecule has 0 radical (unpaired) electrons. The Morgan fingerprint density at radius 1 is 1.26 bits per heavy atom. The molecule has 1 aromatic heterocycles. The van der Waals surface area contributed by atoms with Gasteiger partial charge in [0, 0.05) is 12.3 Å². The van der Waals surface area contributed by atoms with Crippen molar-refractivity contribution < 1.29 is 13.9 Å². The lowest BCUT2D eigenvalue weighted by Crippen LogP contribution is -2.21. The Morgan fingerprint density at radius 2 is 2.11 bits per heavy atom. The molecular weight excluding hydrogens is 249 g/mol. The second-order valence-electron chi connectivity index (χ2n) is 3.88. The van der Waals surface area contributed by atoms with Crippen molar-refractivity contribution in [3.63, 3.8) is 0 Å². The van der Waals surface area contributed by atoms with Crippen LogP contribution in [0, 0.1) is 5.82 Å². The van der Waals surface area contributed by atoms with E-state index in [0.29, 0.717) is 18.6 Å². The number of aldehydes is 1. The topological polar surface area (TPSA) is 48.3 Å². The molecular formula is C14H12FNO3. The highest BCUT2D eigenvalue weighted by atomic mass is 19.1. The van der Waals surface area contributed by atoms with E-state index in [1.54, 1.807) is 18.3 Å². The van der Waals surface area contributed by atoms with Gasteiger partial charge >= 0.3 is 0 Å². The molecule has 0 aliphatic carbocycles.